The van der Waals surface area contributed by atoms with Crippen LogP contribution in [-0.2, 0) is 4.79 Å². The number of rotatable bonds is 3. The van der Waals surface area contributed by atoms with E-state index in [1.54, 1.807) is 0 Å². The Kier molecular flexibility index (Phi) is 4.29. The van der Waals surface area contributed by atoms with Gasteiger partial charge in [-0.1, -0.05) is 6.58 Å². The average Bonchev–Trinajstić information content (AvgIpc) is 1.86. The van der Waals surface area contributed by atoms with Gasteiger partial charge in [-0.25, -0.2) is 4.79 Å². The second-order valence-corrected chi connectivity index (χ2v) is 2.24. The van der Waals surface area contributed by atoms with Crippen LogP contribution in [-0.4, -0.2) is 17.8 Å². The van der Waals surface area contributed by atoms with Gasteiger partial charge in [-0.15, -0.1) is 11.6 Å². The topological polar surface area (TPSA) is 72.2 Å². The van der Waals surface area contributed by atoms with Gasteiger partial charge >= 0.3 is 6.03 Å². The molecule has 0 saturated carbocycles. The molecule has 0 aromatic heterocycles. The van der Waals surface area contributed by atoms with Crippen molar-refractivity contribution in [1.29, 1.82) is 0 Å². The van der Waals surface area contributed by atoms with Crippen LogP contribution in [0.5, 0.6) is 0 Å². The van der Waals surface area contributed by atoms with Crippen LogP contribution >= 0.6 is 11.6 Å². The smallest absolute Gasteiger partial charge is 0.319 e. The van der Waals surface area contributed by atoms with Gasteiger partial charge in [-0.3, -0.25) is 10.1 Å². The minimum Gasteiger partial charge on any atom is -0.351 e. The standard InChI is InChI=1S/C6H9ClN2O2/c1-4(2-3-7)5(10)9-6(8)11/h1-3H2,(H3,8,9,10,11). The van der Waals surface area contributed by atoms with Gasteiger partial charge in [0, 0.05) is 11.5 Å². The third-order valence-electron chi connectivity index (χ3n) is 0.954. The lowest BCUT2D eigenvalue weighted by molar-refractivity contribution is -0.116. The summed E-state index contributed by atoms with van der Waals surface area (Å²) in [5.74, 6) is -0.275. The van der Waals surface area contributed by atoms with Gasteiger partial charge in [-0.2, -0.15) is 0 Å². The lowest BCUT2D eigenvalue weighted by Gasteiger charge is -2.00. The predicted octanol–water partition coefficient (Wildman–Crippen LogP) is 0.366. The molecule has 5 heteroatoms. The minimum atomic E-state index is -0.884. The number of urea groups is 1. The first-order chi connectivity index (χ1) is 5.07. The summed E-state index contributed by atoms with van der Waals surface area (Å²) < 4.78 is 0. The van der Waals surface area contributed by atoms with Gasteiger partial charge in [0.25, 0.3) is 5.91 Å². The number of carbonyl (C=O) groups is 2. The van der Waals surface area contributed by atoms with E-state index in [4.69, 9.17) is 11.6 Å². The number of hydrogen-bond donors (Lipinski definition) is 2. The molecule has 4 nitrogen and oxygen atoms in total. The number of amides is 3. The van der Waals surface area contributed by atoms with Gasteiger partial charge in [0.05, 0.1) is 0 Å². The van der Waals surface area contributed by atoms with Crippen molar-refractivity contribution in [3.8, 4) is 0 Å². The maximum Gasteiger partial charge on any atom is 0.319 e. The number of hydrogen-bond acceptors (Lipinski definition) is 2. The molecule has 0 aliphatic heterocycles. The molecule has 3 N–H and O–H groups in total. The molecule has 0 heterocycles. The van der Waals surface area contributed by atoms with Gasteiger partial charge < -0.3 is 5.73 Å². The van der Waals surface area contributed by atoms with E-state index in [9.17, 15) is 9.59 Å². The van der Waals surface area contributed by atoms with Gasteiger partial charge in [0.2, 0.25) is 0 Å². The largest absolute Gasteiger partial charge is 0.351 e. The molecular formula is C6H9ClN2O2. The van der Waals surface area contributed by atoms with Gasteiger partial charge in [0.1, 0.15) is 0 Å². The Hall–Kier alpha value is -1.03. The first-order valence-corrected chi connectivity index (χ1v) is 3.46. The number of nitrogens with one attached hydrogen (secondary N) is 1. The lowest BCUT2D eigenvalue weighted by Crippen LogP contribution is -2.35. The molecule has 0 spiro atoms. The molecule has 11 heavy (non-hydrogen) atoms. The van der Waals surface area contributed by atoms with Crippen LogP contribution in [0.4, 0.5) is 4.79 Å². The Labute approximate surface area is 69.4 Å². The number of primary amides is 1. The third kappa shape index (κ3) is 4.38. The Morgan fingerprint density at radius 1 is 1.55 bits per heavy atom. The van der Waals surface area contributed by atoms with E-state index in [1.807, 2.05) is 5.32 Å². The molecule has 0 saturated heterocycles. The summed E-state index contributed by atoms with van der Waals surface area (Å²) in [7, 11) is 0. The van der Waals surface area contributed by atoms with E-state index < -0.39 is 11.9 Å². The van der Waals surface area contributed by atoms with Crippen LogP contribution < -0.4 is 11.1 Å². The Morgan fingerprint density at radius 2 is 2.09 bits per heavy atom. The SMILES string of the molecule is C=C(CCCl)C(=O)NC(N)=O. The summed E-state index contributed by atoms with van der Waals surface area (Å²) in [5, 5.41) is 1.87. The molecule has 0 rings (SSSR count). The number of alkyl halides is 1. The molecule has 0 bridgehead atoms. The zero-order valence-electron chi connectivity index (χ0n) is 5.89. The highest BCUT2D eigenvalue weighted by molar-refractivity contribution is 6.18. The van der Waals surface area contributed by atoms with Crippen molar-refractivity contribution < 1.29 is 9.59 Å². The molecule has 0 radical (unpaired) electrons. The molecule has 62 valence electrons. The highest BCUT2D eigenvalue weighted by Gasteiger charge is 2.07. The molecule has 0 fully saturated rings. The first-order valence-electron chi connectivity index (χ1n) is 2.92. The molecule has 0 aliphatic carbocycles. The maximum absolute atomic E-state index is 10.8. The summed E-state index contributed by atoms with van der Waals surface area (Å²) >= 11 is 5.32. The molecular weight excluding hydrogens is 168 g/mol. The monoisotopic (exact) mass is 176 g/mol. The van der Waals surface area contributed by atoms with E-state index in [-0.39, 0.29) is 5.57 Å². The number of nitrogens with two attached hydrogens (primary N) is 1. The van der Waals surface area contributed by atoms with Crippen molar-refractivity contribution in [3.63, 3.8) is 0 Å². The molecule has 0 unspecified atom stereocenters. The second kappa shape index (κ2) is 4.73. The van der Waals surface area contributed by atoms with Crippen molar-refractivity contribution in [2.45, 2.75) is 6.42 Å². The van der Waals surface area contributed by atoms with E-state index in [2.05, 4.69) is 12.3 Å². The zero-order chi connectivity index (χ0) is 8.85. The molecule has 0 aliphatic rings. The second-order valence-electron chi connectivity index (χ2n) is 1.86. The highest BCUT2D eigenvalue weighted by Crippen LogP contribution is 1.98. The molecule has 3 amide bonds. The van der Waals surface area contributed by atoms with Crippen LogP contribution in [0.2, 0.25) is 0 Å². The fraction of sp³-hybridized carbons (Fsp3) is 0.333. The van der Waals surface area contributed by atoms with Crippen LogP contribution in [0, 0.1) is 0 Å². The Bertz CT molecular complexity index is 191. The van der Waals surface area contributed by atoms with Crippen LogP contribution in [0.25, 0.3) is 0 Å². The van der Waals surface area contributed by atoms with E-state index in [0.29, 0.717) is 12.3 Å². The molecule has 0 aromatic carbocycles. The van der Waals surface area contributed by atoms with Crippen molar-refractivity contribution >= 4 is 23.5 Å². The summed E-state index contributed by atoms with van der Waals surface area (Å²) in [6.45, 7) is 3.39. The number of halogens is 1. The number of carbonyl (C=O) groups excluding carboxylic acids is 2. The van der Waals surface area contributed by atoms with Crippen LogP contribution in [0.3, 0.4) is 0 Å². The highest BCUT2D eigenvalue weighted by atomic mass is 35.5. The van der Waals surface area contributed by atoms with E-state index in [1.165, 1.54) is 0 Å². The zero-order valence-corrected chi connectivity index (χ0v) is 6.65. The van der Waals surface area contributed by atoms with Crippen molar-refractivity contribution in [1.82, 2.24) is 5.32 Å². The summed E-state index contributed by atoms with van der Waals surface area (Å²) in [5.41, 5.74) is 4.93. The number of imide groups is 1. The predicted molar refractivity (Wildman–Crippen MR) is 42.2 cm³/mol. The van der Waals surface area contributed by atoms with Gasteiger partial charge in [0.15, 0.2) is 0 Å². The fourth-order valence-electron chi connectivity index (χ4n) is 0.428. The fourth-order valence-corrected chi connectivity index (χ4v) is 0.656. The summed E-state index contributed by atoms with van der Waals surface area (Å²) in [4.78, 5) is 20.9. The Morgan fingerprint density at radius 3 is 2.45 bits per heavy atom. The van der Waals surface area contributed by atoms with E-state index >= 15 is 0 Å². The Balaban J connectivity index is 3.83. The normalized spacial score (nSPS) is 8.82. The van der Waals surface area contributed by atoms with Crippen molar-refractivity contribution in [2.75, 3.05) is 5.88 Å². The van der Waals surface area contributed by atoms with Crippen molar-refractivity contribution in [2.24, 2.45) is 5.73 Å². The lowest BCUT2D eigenvalue weighted by atomic mass is 10.2. The quantitative estimate of drug-likeness (QED) is 0.482. The maximum atomic E-state index is 10.8. The minimum absolute atomic E-state index is 0.249. The van der Waals surface area contributed by atoms with Crippen LogP contribution in [0.1, 0.15) is 6.42 Å². The first kappa shape index (κ1) is 9.97. The summed E-state index contributed by atoms with van der Waals surface area (Å²) in [6.07, 6.45) is 0.348. The molecule has 0 atom stereocenters. The average molecular weight is 177 g/mol. The van der Waals surface area contributed by atoms with Crippen molar-refractivity contribution in [3.05, 3.63) is 12.2 Å². The van der Waals surface area contributed by atoms with E-state index in [0.717, 1.165) is 0 Å². The molecule has 0 aromatic rings. The summed E-state index contributed by atoms with van der Waals surface area (Å²) in [6, 6.07) is -0.884. The van der Waals surface area contributed by atoms with Crippen LogP contribution in [0.15, 0.2) is 12.2 Å². The van der Waals surface area contributed by atoms with Gasteiger partial charge in [-0.05, 0) is 6.42 Å². The third-order valence-corrected chi connectivity index (χ3v) is 1.14.